The number of benzene rings is 1. The van der Waals surface area contributed by atoms with Crippen LogP contribution in [-0.4, -0.2) is 43.2 Å². The van der Waals surface area contributed by atoms with Gasteiger partial charge in [0.1, 0.15) is 17.2 Å². The molecule has 0 fully saturated rings. The van der Waals surface area contributed by atoms with E-state index in [1.165, 1.54) is 19.5 Å². The summed E-state index contributed by atoms with van der Waals surface area (Å²) in [5.41, 5.74) is 0.110. The highest BCUT2D eigenvalue weighted by Gasteiger charge is 2.16. The summed E-state index contributed by atoms with van der Waals surface area (Å²) in [4.78, 5) is 18.9. The first-order valence-electron chi connectivity index (χ1n) is 6.72. The lowest BCUT2D eigenvalue weighted by atomic mass is 10.1. The molecule has 0 N–H and O–H groups in total. The Balaban J connectivity index is 3.01. The molecule has 0 saturated carbocycles. The van der Waals surface area contributed by atoms with E-state index in [2.05, 4.69) is 9.98 Å². The molecule has 0 unspecified atom stereocenters. The molecule has 0 spiro atoms. The van der Waals surface area contributed by atoms with Crippen LogP contribution in [0.5, 0.6) is 11.5 Å². The van der Waals surface area contributed by atoms with Crippen molar-refractivity contribution in [3.05, 3.63) is 28.3 Å². The van der Waals surface area contributed by atoms with Crippen LogP contribution in [-0.2, 0) is 0 Å². The van der Waals surface area contributed by atoms with Crippen molar-refractivity contribution < 1.29 is 14.4 Å². The largest absolute Gasteiger partial charge is 0.497 e. The maximum atomic E-state index is 11.1. The van der Waals surface area contributed by atoms with E-state index in [4.69, 9.17) is 9.47 Å². The minimum Gasteiger partial charge on any atom is -0.497 e. The number of ether oxygens (including phenoxy) is 2. The molecule has 22 heavy (non-hydrogen) atoms. The van der Waals surface area contributed by atoms with Gasteiger partial charge in [0.05, 0.1) is 32.2 Å². The lowest BCUT2D eigenvalue weighted by molar-refractivity contribution is -0.482. The summed E-state index contributed by atoms with van der Waals surface area (Å²) >= 11 is 0. The Hall–Kier alpha value is -2.44. The fourth-order valence-corrected chi connectivity index (χ4v) is 1.50. The van der Waals surface area contributed by atoms with E-state index in [1.54, 1.807) is 25.3 Å². The number of methoxy groups -OCH3 is 2. The Bertz CT molecular complexity index is 577. The van der Waals surface area contributed by atoms with E-state index in [0.717, 1.165) is 0 Å². The minimum atomic E-state index is -1.09. The molecule has 7 nitrogen and oxygen atoms in total. The zero-order chi connectivity index (χ0) is 16.8. The van der Waals surface area contributed by atoms with Crippen molar-refractivity contribution in [3.63, 3.8) is 0 Å². The highest BCUT2D eigenvalue weighted by atomic mass is 16.6. The van der Waals surface area contributed by atoms with Gasteiger partial charge in [0, 0.05) is 11.0 Å². The van der Waals surface area contributed by atoms with Gasteiger partial charge in [-0.3, -0.25) is 15.1 Å². The summed E-state index contributed by atoms with van der Waals surface area (Å²) in [5, 5.41) is 11.1. The molecule has 0 amide bonds. The van der Waals surface area contributed by atoms with Crippen molar-refractivity contribution in [1.82, 2.24) is 0 Å². The second-order valence-electron chi connectivity index (χ2n) is 5.54. The van der Waals surface area contributed by atoms with Gasteiger partial charge in [-0.05, 0) is 32.9 Å². The predicted molar refractivity (Wildman–Crippen MR) is 86.7 cm³/mol. The van der Waals surface area contributed by atoms with Crippen molar-refractivity contribution in [2.75, 3.05) is 14.2 Å². The smallest absolute Gasteiger partial charge is 0.282 e. The van der Waals surface area contributed by atoms with Crippen LogP contribution < -0.4 is 9.47 Å². The minimum absolute atomic E-state index is 0.375. The Morgan fingerprint density at radius 3 is 2.41 bits per heavy atom. The fourth-order valence-electron chi connectivity index (χ4n) is 1.50. The highest BCUT2D eigenvalue weighted by molar-refractivity contribution is 5.88. The summed E-state index contributed by atoms with van der Waals surface area (Å²) in [6, 6.07) is 3.95. The molecule has 0 radical (unpaired) electrons. The van der Waals surface area contributed by atoms with Crippen LogP contribution in [0.4, 0.5) is 5.69 Å². The molecule has 0 saturated heterocycles. The number of rotatable bonds is 6. The van der Waals surface area contributed by atoms with E-state index in [9.17, 15) is 10.1 Å². The predicted octanol–water partition coefficient (Wildman–Crippen LogP) is 2.92. The second kappa shape index (κ2) is 7.53. The maximum absolute atomic E-state index is 11.1. The van der Waals surface area contributed by atoms with E-state index < -0.39 is 11.0 Å². The molecule has 0 aliphatic carbocycles. The molecule has 0 heterocycles. The number of hydrogen-bond donors (Lipinski definition) is 0. The van der Waals surface area contributed by atoms with Crippen molar-refractivity contribution in [2.45, 2.75) is 32.4 Å². The van der Waals surface area contributed by atoms with Crippen molar-refractivity contribution in [2.24, 2.45) is 9.98 Å². The van der Waals surface area contributed by atoms with Crippen molar-refractivity contribution in [1.29, 1.82) is 0 Å². The Kier molecular flexibility index (Phi) is 6.03. The van der Waals surface area contributed by atoms with Gasteiger partial charge in [0.15, 0.2) is 0 Å². The van der Waals surface area contributed by atoms with Crippen LogP contribution in [0.2, 0.25) is 0 Å². The van der Waals surface area contributed by atoms with Crippen LogP contribution in [0, 0.1) is 10.1 Å². The van der Waals surface area contributed by atoms with Gasteiger partial charge in [-0.1, -0.05) is 0 Å². The van der Waals surface area contributed by atoms with Gasteiger partial charge in [0.2, 0.25) is 0 Å². The lowest BCUT2D eigenvalue weighted by Gasteiger charge is -2.11. The zero-order valence-corrected chi connectivity index (χ0v) is 13.4. The summed E-state index contributed by atoms with van der Waals surface area (Å²) in [6.07, 6.45) is 2.53. The number of hydrogen-bond acceptors (Lipinski definition) is 6. The lowest BCUT2D eigenvalue weighted by Crippen LogP contribution is -2.24. The van der Waals surface area contributed by atoms with Crippen molar-refractivity contribution in [3.8, 4) is 11.5 Å². The van der Waals surface area contributed by atoms with Gasteiger partial charge >= 0.3 is 0 Å². The Labute approximate surface area is 129 Å². The molecular formula is C15H21N3O4. The molecule has 1 aromatic carbocycles. The average Bonchev–Trinajstić information content (AvgIpc) is 2.45. The molecular weight excluding hydrogens is 286 g/mol. The van der Waals surface area contributed by atoms with Gasteiger partial charge in [0.25, 0.3) is 6.04 Å². The van der Waals surface area contributed by atoms with Crippen LogP contribution in [0.1, 0.15) is 20.8 Å². The normalized spacial score (nSPS) is 13.5. The monoisotopic (exact) mass is 307 g/mol. The standard InChI is InChI=1S/C15H21N3O4/c1-15(2,3)17-10-11(18(19)20)9-16-13-7-6-12(21-4)8-14(13)22-5/h6-11H,1-5H3/t11-/m0/s1. The maximum Gasteiger partial charge on any atom is 0.282 e. The molecule has 0 aliphatic heterocycles. The summed E-state index contributed by atoms with van der Waals surface area (Å²) < 4.78 is 10.3. The van der Waals surface area contributed by atoms with Crippen LogP contribution >= 0.6 is 0 Å². The van der Waals surface area contributed by atoms with Crippen LogP contribution in [0.15, 0.2) is 28.2 Å². The first kappa shape index (κ1) is 17.6. The Morgan fingerprint density at radius 2 is 1.91 bits per heavy atom. The third kappa shape index (κ3) is 5.51. The van der Waals surface area contributed by atoms with E-state index >= 15 is 0 Å². The molecule has 0 aromatic heterocycles. The summed E-state index contributed by atoms with van der Waals surface area (Å²) in [5.74, 6) is 1.10. The quantitative estimate of drug-likeness (QED) is 0.459. The van der Waals surface area contributed by atoms with Gasteiger partial charge in [-0.25, -0.2) is 4.99 Å². The number of nitrogens with zero attached hydrogens (tertiary/aromatic N) is 3. The molecule has 1 atom stereocenters. The molecule has 0 aliphatic rings. The SMILES string of the molecule is COc1ccc(N=C[C@@H](C=NC(C)(C)C)[N+](=O)[O-])c(OC)c1. The van der Waals surface area contributed by atoms with Gasteiger partial charge < -0.3 is 9.47 Å². The van der Waals surface area contributed by atoms with E-state index in [0.29, 0.717) is 17.2 Å². The third-order valence-corrected chi connectivity index (χ3v) is 2.61. The van der Waals surface area contributed by atoms with Crippen LogP contribution in [0.3, 0.4) is 0 Å². The Morgan fingerprint density at radius 1 is 1.23 bits per heavy atom. The van der Waals surface area contributed by atoms with E-state index in [-0.39, 0.29) is 5.54 Å². The second-order valence-corrected chi connectivity index (χ2v) is 5.54. The number of aliphatic imine (C=N–C) groups is 2. The highest BCUT2D eigenvalue weighted by Crippen LogP contribution is 2.31. The third-order valence-electron chi connectivity index (χ3n) is 2.61. The van der Waals surface area contributed by atoms with Gasteiger partial charge in [-0.2, -0.15) is 0 Å². The fraction of sp³-hybridized carbons (Fsp3) is 0.467. The van der Waals surface area contributed by atoms with Crippen molar-refractivity contribution >= 4 is 18.1 Å². The first-order valence-corrected chi connectivity index (χ1v) is 6.72. The molecule has 7 heteroatoms. The molecule has 120 valence electrons. The molecule has 1 aromatic rings. The van der Waals surface area contributed by atoms with Crippen LogP contribution in [0.25, 0.3) is 0 Å². The molecule has 0 bridgehead atoms. The van der Waals surface area contributed by atoms with E-state index in [1.807, 2.05) is 20.8 Å². The van der Waals surface area contributed by atoms with Gasteiger partial charge in [-0.15, -0.1) is 0 Å². The summed E-state index contributed by atoms with van der Waals surface area (Å²) in [6.45, 7) is 5.60. The zero-order valence-electron chi connectivity index (χ0n) is 13.4. The average molecular weight is 307 g/mol. The molecule has 1 rings (SSSR count). The number of nitro groups is 1. The topological polar surface area (TPSA) is 86.3 Å². The first-order chi connectivity index (χ1) is 10.3. The summed E-state index contributed by atoms with van der Waals surface area (Å²) in [7, 11) is 3.04.